The molecule has 2 fully saturated rings. The highest BCUT2D eigenvalue weighted by Gasteiger charge is 2.47. The van der Waals surface area contributed by atoms with Crippen LogP contribution in [0.15, 0.2) is 133 Å². The van der Waals surface area contributed by atoms with E-state index in [4.69, 9.17) is 95.2 Å². The van der Waals surface area contributed by atoms with Gasteiger partial charge in [0.2, 0.25) is 30.3 Å². The van der Waals surface area contributed by atoms with Crippen molar-refractivity contribution < 1.29 is 164 Å². The van der Waals surface area contributed by atoms with Crippen molar-refractivity contribution in [1.29, 1.82) is 0 Å². The van der Waals surface area contributed by atoms with Crippen LogP contribution in [0, 0.1) is 0 Å². The number of anilines is 2. The van der Waals surface area contributed by atoms with Gasteiger partial charge in [-0.2, -0.15) is 0 Å². The summed E-state index contributed by atoms with van der Waals surface area (Å²) in [4.78, 5) is 91.2. The summed E-state index contributed by atoms with van der Waals surface area (Å²) in [5.41, 5.74) is 8.36. The molecule has 790 valence electrons. The Morgan fingerprint density at radius 2 is 0.993 bits per heavy atom. The van der Waals surface area contributed by atoms with Crippen LogP contribution >= 0.6 is 0 Å². The van der Waals surface area contributed by atoms with Crippen LogP contribution in [0.2, 0.25) is 0 Å². The van der Waals surface area contributed by atoms with Crippen molar-refractivity contribution in [1.82, 2.24) is 30.5 Å². The average Bonchev–Trinajstić information content (AvgIpc) is 1.58. The number of aliphatic hydroxyl groups excluding tert-OH is 8. The number of hydrogen-bond acceptors (Lipinski definition) is 34. The van der Waals surface area contributed by atoms with E-state index in [-0.39, 0.29) is 105 Å². The number of unbranched alkanes of at least 4 members (excludes halogenated alkanes) is 2. The molecule has 144 heavy (non-hydrogen) atoms. The van der Waals surface area contributed by atoms with Gasteiger partial charge in [-0.25, -0.2) is 24.4 Å². The van der Waals surface area contributed by atoms with Crippen LogP contribution in [0.1, 0.15) is 107 Å². The van der Waals surface area contributed by atoms with Gasteiger partial charge < -0.3 is 162 Å². The summed E-state index contributed by atoms with van der Waals surface area (Å²) in [6.45, 7) is 11.4. The van der Waals surface area contributed by atoms with Crippen molar-refractivity contribution in [3.05, 3.63) is 178 Å². The molecule has 8 aromatic rings. The zero-order chi connectivity index (χ0) is 102. The summed E-state index contributed by atoms with van der Waals surface area (Å²) in [6, 6.07) is 38.4. The van der Waals surface area contributed by atoms with E-state index in [1.165, 1.54) is 24.3 Å². The molecule has 0 saturated carbocycles. The second-order valence-electron chi connectivity index (χ2n) is 35.2. The highest BCUT2D eigenvalue weighted by molar-refractivity contribution is 6.10. The lowest BCUT2D eigenvalue weighted by molar-refractivity contribution is -0.916. The number of aromatic nitrogens is 3. The summed E-state index contributed by atoms with van der Waals surface area (Å²) >= 11 is 0. The number of rotatable bonds is 68. The van der Waals surface area contributed by atoms with Gasteiger partial charge in [-0.3, -0.25) is 19.7 Å². The molecule has 6 aromatic carbocycles. The monoisotopic (exact) mass is 2020 g/mol. The minimum atomic E-state index is -1.80. The molecule has 3 aliphatic rings. The Kier molecular flexibility index (Phi) is 48.2. The number of nitrogens with zero attached hydrogens (tertiary/aromatic N) is 4. The number of quaternary nitrogens is 1. The zero-order valence-corrected chi connectivity index (χ0v) is 82.0. The summed E-state index contributed by atoms with van der Waals surface area (Å²) in [5, 5.41) is 108. The lowest BCUT2D eigenvalue weighted by Gasteiger charge is -2.39. The van der Waals surface area contributed by atoms with Gasteiger partial charge in [0.05, 0.1) is 202 Å². The van der Waals surface area contributed by atoms with Crippen LogP contribution in [0.5, 0.6) is 11.5 Å². The zero-order valence-electron chi connectivity index (χ0n) is 82.0. The maximum atomic E-state index is 14.3. The molecule has 14 N–H and O–H groups in total. The number of pyridine rings is 1. The average molecular weight is 2020 g/mol. The molecule has 0 unspecified atom stereocenters. The van der Waals surface area contributed by atoms with Crippen LogP contribution in [0.25, 0.3) is 33.1 Å². The molecule has 11 atom stereocenters. The first-order chi connectivity index (χ1) is 69.9. The van der Waals surface area contributed by atoms with Crippen molar-refractivity contribution in [2.24, 2.45) is 0 Å². The van der Waals surface area contributed by atoms with Crippen LogP contribution in [0.3, 0.4) is 0 Å². The second kappa shape index (κ2) is 61.0. The van der Waals surface area contributed by atoms with E-state index in [2.05, 4.69) is 33.5 Å². The van der Waals surface area contributed by atoms with Crippen molar-refractivity contribution in [3.63, 3.8) is 0 Å². The normalized spacial score (nSPS) is 18.6. The highest BCUT2D eigenvalue weighted by Crippen LogP contribution is 2.45. The number of benzene rings is 6. The van der Waals surface area contributed by atoms with E-state index in [1.807, 2.05) is 91.5 Å². The predicted octanol–water partition coefficient (Wildman–Crippen LogP) is 5.41. The third-order valence-corrected chi connectivity index (χ3v) is 23.8. The number of aromatic carboxylic acids is 1. The Labute approximate surface area is 835 Å². The van der Waals surface area contributed by atoms with E-state index in [0.717, 1.165) is 46.2 Å². The Morgan fingerprint density at radius 3 is 1.53 bits per heavy atom. The fourth-order valence-corrected chi connectivity index (χ4v) is 16.3. The molecule has 42 nitrogen and oxygen atoms in total. The van der Waals surface area contributed by atoms with Gasteiger partial charge in [0, 0.05) is 68.4 Å². The molecule has 5 amide bonds. The van der Waals surface area contributed by atoms with E-state index in [9.17, 15) is 74.7 Å². The van der Waals surface area contributed by atoms with Crippen molar-refractivity contribution in [2.75, 3.05) is 217 Å². The number of amides is 5. The van der Waals surface area contributed by atoms with E-state index < -0.39 is 111 Å². The molecule has 0 bridgehead atoms. The Hall–Kier alpha value is -10.7. The topological polar surface area (TPSA) is 541 Å². The van der Waals surface area contributed by atoms with Gasteiger partial charge in [-0.1, -0.05) is 98.3 Å². The minimum absolute atomic E-state index is 0.0143. The van der Waals surface area contributed by atoms with Gasteiger partial charge in [-0.05, 0) is 108 Å². The summed E-state index contributed by atoms with van der Waals surface area (Å²) in [6.07, 6.45) is -14.6. The molecule has 2 aromatic heterocycles. The first kappa shape index (κ1) is 114. The smallest absolute Gasteiger partial charge is 0.413 e. The third kappa shape index (κ3) is 36.2. The Balaban J connectivity index is 0.629. The molecule has 11 rings (SSSR count). The number of carboxylic acids is 1. The number of ether oxygens (including phenoxy) is 18. The molecular weight excluding hydrogens is 1880 g/mol. The first-order valence-corrected chi connectivity index (χ1v) is 48.8. The number of fused-ring (bicyclic) bond motifs is 6. The quantitative estimate of drug-likeness (QED) is 0.0167. The molecule has 1 aliphatic carbocycles. The molecule has 0 spiro atoms. The molecule has 2 aliphatic heterocycles. The van der Waals surface area contributed by atoms with Gasteiger partial charge in [0.15, 0.2) is 5.82 Å². The first-order valence-electron chi connectivity index (χ1n) is 48.8. The number of methoxy groups -OCH3 is 1. The standard InChI is InChI=1S/C102H139N9O33/c1-5-6-18-85-108-88-89(77-29-26-71(98(123)124)59-80(77)106-96(88)109-102(126)139-65-69-23-27-72(28-24-69)141-99-94(120)92(118)90(116)83(63-112)143-99)110(85)60-67-19-21-68(22-20-67)61-111(2,3)62-70-25-30-82(142-100-95(121)93(119)91(117)84(64-113)144-100)81(58-70)105-87(115)31-34-104-97(122)79(107-101(125)140-66-78-75-15-9-7-13-73(75)74-14-8-10-16-76(74)78)17-11-12-33-103-86(114)32-35-128-38-39-130-42-43-132-46-47-134-50-51-136-54-55-138-57-56-137-53-52-135-49-48-133-45-44-131-41-40-129-37-36-127-4/h7-10,13-16,19-30,58-59,78-79,83-84,90-95,99-100,112-113,116-121H,5-6,11-12,17-18,31-57,60-66H2,1-4H3,(H5-,103,104,105,106,107,109,114,115,122,123,124,125,126)/p+1/t79-,83+,84+,90+,91+,92-,93-,94-,95-,99-,100-/m0/s1. The van der Waals surface area contributed by atoms with Gasteiger partial charge >= 0.3 is 18.2 Å². The predicted molar refractivity (Wildman–Crippen MR) is 522 cm³/mol. The summed E-state index contributed by atoms with van der Waals surface area (Å²) < 4.78 is 103. The van der Waals surface area contributed by atoms with Gasteiger partial charge in [0.1, 0.15) is 104 Å². The van der Waals surface area contributed by atoms with E-state index in [1.54, 1.807) is 43.5 Å². The molecule has 2 saturated heterocycles. The van der Waals surface area contributed by atoms with Crippen LogP contribution < -0.4 is 36.1 Å². The number of carbonyl (C=O) groups excluding carboxylic acids is 5. The second-order valence-corrected chi connectivity index (χ2v) is 35.2. The van der Waals surface area contributed by atoms with Gasteiger partial charge in [0.25, 0.3) is 0 Å². The summed E-state index contributed by atoms with van der Waals surface area (Å²) in [5.74, 6) is -2.02. The molecule has 42 heteroatoms. The van der Waals surface area contributed by atoms with Crippen LogP contribution in [-0.2, 0) is 123 Å². The SMILES string of the molecule is CCCCc1nc2c(NC(=O)OCc3ccc(O[C@H]4O[C@H](CO)[C@@H](O)[C@H](O)[C@@H]4O)cc3)nc3cc(C(=O)O)ccc3c2n1Cc1ccc(C[N+](C)(C)Cc2ccc(O[C@H]3O[C@H](CO)[C@@H](O)[C@H](O)[C@@H]3O)c(NC(=O)CCNC(=O)[C@H](CCCCNC(=O)CCOCCOCCOCCOCCOCCOCCOCCOCCOCCOCCOCCOC)NC(=O)OCC3c4ccccc4-c4ccccc43)c2)cc1. The largest absolute Gasteiger partial charge is 0.478 e. The Morgan fingerprint density at radius 1 is 0.486 bits per heavy atom. The number of hydrogen-bond donors (Lipinski definition) is 14. The molecular formula is C102H140N9O33+. The number of aliphatic hydroxyl groups is 8. The fraction of sp³-hybridized carbons (Fsp3) is 0.549. The van der Waals surface area contributed by atoms with Crippen molar-refractivity contribution in [2.45, 2.75) is 158 Å². The molecule has 4 heterocycles. The van der Waals surface area contributed by atoms with E-state index >= 15 is 0 Å². The maximum absolute atomic E-state index is 14.3. The number of aryl methyl sites for hydroxylation is 1. The fourth-order valence-electron chi connectivity index (χ4n) is 16.3. The maximum Gasteiger partial charge on any atom is 0.413 e. The van der Waals surface area contributed by atoms with E-state index in [0.29, 0.717) is 215 Å². The van der Waals surface area contributed by atoms with Crippen LogP contribution in [0.4, 0.5) is 21.1 Å². The lowest BCUT2D eigenvalue weighted by Crippen LogP contribution is -2.60. The number of nitrogens with one attached hydrogen (secondary N) is 5. The van der Waals surface area contributed by atoms with Crippen molar-refractivity contribution >= 4 is 69.3 Å². The highest BCUT2D eigenvalue weighted by atomic mass is 16.7. The number of carbonyl (C=O) groups is 6. The van der Waals surface area contributed by atoms with Gasteiger partial charge in [-0.15, -0.1) is 0 Å². The number of imidazole rings is 1. The summed E-state index contributed by atoms with van der Waals surface area (Å²) in [7, 11) is 5.66. The number of alkyl carbamates (subject to hydrolysis) is 1. The number of carboxylic acid groups (broad SMARTS) is 1. The molecule has 0 radical (unpaired) electrons. The van der Waals surface area contributed by atoms with Crippen molar-refractivity contribution in [3.8, 4) is 22.6 Å². The lowest BCUT2D eigenvalue weighted by atomic mass is 9.98. The third-order valence-electron chi connectivity index (χ3n) is 23.8. The van der Waals surface area contributed by atoms with Crippen LogP contribution in [-0.4, -0.2) is 374 Å². The Bertz CT molecular complexity index is 5190. The minimum Gasteiger partial charge on any atom is -0.478 e.